The van der Waals surface area contributed by atoms with Crippen molar-refractivity contribution in [3.05, 3.63) is 28.8 Å². The zero-order valence-electron chi connectivity index (χ0n) is 13.6. The monoisotopic (exact) mass is 348 g/mol. The summed E-state index contributed by atoms with van der Waals surface area (Å²) < 4.78 is 5.55. The Balaban J connectivity index is 0.00000441. The van der Waals surface area contributed by atoms with Crippen molar-refractivity contribution in [3.63, 3.8) is 0 Å². The van der Waals surface area contributed by atoms with Crippen LogP contribution in [0.5, 0.6) is 5.75 Å². The minimum atomic E-state index is -0.0553. The highest BCUT2D eigenvalue weighted by Crippen LogP contribution is 2.21. The number of carbonyl (C=O) groups is 1. The van der Waals surface area contributed by atoms with Crippen LogP contribution in [0.2, 0.25) is 5.02 Å². The first kappa shape index (κ1) is 21.0. The molecule has 1 amide bonds. The summed E-state index contributed by atoms with van der Waals surface area (Å²) in [4.78, 5) is 13.7. The molecule has 1 aromatic rings. The summed E-state index contributed by atoms with van der Waals surface area (Å²) in [5.41, 5.74) is 6.90. The predicted octanol–water partition coefficient (Wildman–Crippen LogP) is 3.28. The molecular weight excluding hydrogens is 323 g/mol. The van der Waals surface area contributed by atoms with E-state index in [4.69, 9.17) is 22.1 Å². The van der Waals surface area contributed by atoms with Crippen LogP contribution in [0.3, 0.4) is 0 Å². The van der Waals surface area contributed by atoms with Gasteiger partial charge in [-0.3, -0.25) is 4.79 Å². The zero-order chi connectivity index (χ0) is 16.0. The molecule has 1 rings (SSSR count). The SMILES string of the molecule is Cc1cc(Cl)ccc1OCC(=O)N(C)CCC(N)C(C)C.Cl. The quantitative estimate of drug-likeness (QED) is 0.822. The van der Waals surface area contributed by atoms with Gasteiger partial charge in [0.2, 0.25) is 0 Å². The Labute approximate surface area is 144 Å². The number of amides is 1. The van der Waals surface area contributed by atoms with Gasteiger partial charge in [0.25, 0.3) is 5.91 Å². The molecular formula is C16H26Cl2N2O2. The van der Waals surface area contributed by atoms with Crippen molar-refractivity contribution in [2.24, 2.45) is 11.7 Å². The average molecular weight is 349 g/mol. The van der Waals surface area contributed by atoms with Gasteiger partial charge in [-0.2, -0.15) is 0 Å². The molecule has 1 aromatic carbocycles. The van der Waals surface area contributed by atoms with Crippen molar-refractivity contribution in [2.75, 3.05) is 20.2 Å². The maximum Gasteiger partial charge on any atom is 0.260 e. The van der Waals surface area contributed by atoms with Crippen LogP contribution in [0.25, 0.3) is 0 Å². The molecule has 0 aliphatic carbocycles. The molecule has 0 aliphatic heterocycles. The number of hydrogen-bond acceptors (Lipinski definition) is 3. The van der Waals surface area contributed by atoms with E-state index in [0.29, 0.717) is 23.2 Å². The Morgan fingerprint density at radius 1 is 1.41 bits per heavy atom. The first-order valence-electron chi connectivity index (χ1n) is 7.19. The third kappa shape index (κ3) is 6.86. The molecule has 1 unspecified atom stereocenters. The number of ether oxygens (including phenoxy) is 1. The Morgan fingerprint density at radius 3 is 2.59 bits per heavy atom. The van der Waals surface area contributed by atoms with Crippen LogP contribution in [0.1, 0.15) is 25.8 Å². The largest absolute Gasteiger partial charge is 0.483 e. The van der Waals surface area contributed by atoms with Crippen molar-refractivity contribution < 1.29 is 9.53 Å². The molecule has 6 heteroatoms. The van der Waals surface area contributed by atoms with E-state index in [1.165, 1.54) is 0 Å². The van der Waals surface area contributed by atoms with Crippen LogP contribution in [0.4, 0.5) is 0 Å². The minimum absolute atomic E-state index is 0. The fraction of sp³-hybridized carbons (Fsp3) is 0.562. The van der Waals surface area contributed by atoms with Crippen LogP contribution in [0, 0.1) is 12.8 Å². The van der Waals surface area contributed by atoms with Crippen LogP contribution in [-0.4, -0.2) is 37.0 Å². The summed E-state index contributed by atoms with van der Waals surface area (Å²) in [5, 5.41) is 0.658. The normalized spacial score (nSPS) is 11.8. The molecule has 0 fully saturated rings. The minimum Gasteiger partial charge on any atom is -0.483 e. The third-order valence-corrected chi connectivity index (χ3v) is 3.80. The fourth-order valence-electron chi connectivity index (χ4n) is 1.83. The summed E-state index contributed by atoms with van der Waals surface area (Å²) in [6.07, 6.45) is 0.792. The molecule has 1 atom stereocenters. The van der Waals surface area contributed by atoms with E-state index in [-0.39, 0.29) is 31.0 Å². The van der Waals surface area contributed by atoms with Crippen molar-refractivity contribution in [1.29, 1.82) is 0 Å². The van der Waals surface area contributed by atoms with Crippen molar-refractivity contribution in [2.45, 2.75) is 33.2 Å². The van der Waals surface area contributed by atoms with Crippen LogP contribution in [-0.2, 0) is 4.79 Å². The number of nitrogens with two attached hydrogens (primary N) is 1. The molecule has 0 saturated carbocycles. The van der Waals surface area contributed by atoms with E-state index in [0.717, 1.165) is 12.0 Å². The van der Waals surface area contributed by atoms with Crippen LogP contribution >= 0.6 is 24.0 Å². The average Bonchev–Trinajstić information content (AvgIpc) is 2.42. The molecule has 22 heavy (non-hydrogen) atoms. The molecule has 0 heterocycles. The Hall–Kier alpha value is -0.970. The topological polar surface area (TPSA) is 55.6 Å². The lowest BCUT2D eigenvalue weighted by Crippen LogP contribution is -2.36. The van der Waals surface area contributed by atoms with Gasteiger partial charge >= 0.3 is 0 Å². The first-order valence-corrected chi connectivity index (χ1v) is 7.57. The van der Waals surface area contributed by atoms with Gasteiger partial charge in [-0.15, -0.1) is 12.4 Å². The molecule has 4 nitrogen and oxygen atoms in total. The Morgan fingerprint density at radius 2 is 2.05 bits per heavy atom. The smallest absolute Gasteiger partial charge is 0.260 e. The summed E-state index contributed by atoms with van der Waals surface area (Å²) in [6.45, 7) is 6.73. The van der Waals surface area contributed by atoms with Crippen molar-refractivity contribution in [1.82, 2.24) is 4.90 Å². The molecule has 126 valence electrons. The van der Waals surface area contributed by atoms with Crippen molar-refractivity contribution in [3.8, 4) is 5.75 Å². The maximum absolute atomic E-state index is 12.0. The Kier molecular flexibility index (Phi) is 9.49. The van der Waals surface area contributed by atoms with Gasteiger partial charge in [0, 0.05) is 24.7 Å². The fourth-order valence-corrected chi connectivity index (χ4v) is 2.05. The maximum atomic E-state index is 12.0. The van der Waals surface area contributed by atoms with Crippen LogP contribution < -0.4 is 10.5 Å². The molecule has 0 saturated heterocycles. The van der Waals surface area contributed by atoms with E-state index in [1.807, 2.05) is 13.0 Å². The van der Waals surface area contributed by atoms with E-state index >= 15 is 0 Å². The zero-order valence-corrected chi connectivity index (χ0v) is 15.2. The molecule has 0 spiro atoms. The van der Waals surface area contributed by atoms with Gasteiger partial charge < -0.3 is 15.4 Å². The van der Waals surface area contributed by atoms with Crippen molar-refractivity contribution >= 4 is 29.9 Å². The molecule has 0 radical (unpaired) electrons. The Bertz CT molecular complexity index is 481. The number of aryl methyl sites for hydroxylation is 1. The standard InChI is InChI=1S/C16H25ClN2O2.ClH/c1-11(2)14(18)7-8-19(4)16(20)10-21-15-6-5-13(17)9-12(15)3;/h5-6,9,11,14H,7-8,10,18H2,1-4H3;1H. The van der Waals surface area contributed by atoms with Gasteiger partial charge in [0.15, 0.2) is 6.61 Å². The highest BCUT2D eigenvalue weighted by molar-refractivity contribution is 6.30. The number of carbonyl (C=O) groups excluding carboxylic acids is 1. The van der Waals surface area contributed by atoms with Gasteiger partial charge in [0.05, 0.1) is 0 Å². The van der Waals surface area contributed by atoms with Gasteiger partial charge in [-0.05, 0) is 43.0 Å². The number of nitrogens with zero attached hydrogens (tertiary/aromatic N) is 1. The van der Waals surface area contributed by atoms with Gasteiger partial charge in [0.1, 0.15) is 5.75 Å². The second-order valence-corrected chi connectivity index (χ2v) is 6.15. The van der Waals surface area contributed by atoms with E-state index in [9.17, 15) is 4.79 Å². The predicted molar refractivity (Wildman–Crippen MR) is 94.0 cm³/mol. The highest BCUT2D eigenvalue weighted by atomic mass is 35.5. The summed E-state index contributed by atoms with van der Waals surface area (Å²) >= 11 is 5.88. The first-order chi connectivity index (χ1) is 9.81. The van der Waals surface area contributed by atoms with Gasteiger partial charge in [-0.25, -0.2) is 0 Å². The lowest BCUT2D eigenvalue weighted by molar-refractivity contribution is -0.132. The van der Waals surface area contributed by atoms with E-state index < -0.39 is 0 Å². The highest BCUT2D eigenvalue weighted by Gasteiger charge is 2.13. The summed E-state index contributed by atoms with van der Waals surface area (Å²) in [6, 6.07) is 5.45. The third-order valence-electron chi connectivity index (χ3n) is 3.57. The van der Waals surface area contributed by atoms with Gasteiger partial charge in [-0.1, -0.05) is 25.4 Å². The number of rotatable bonds is 7. The lowest BCUT2D eigenvalue weighted by atomic mass is 10.0. The summed E-state index contributed by atoms with van der Waals surface area (Å²) in [7, 11) is 1.77. The molecule has 0 bridgehead atoms. The number of hydrogen-bond donors (Lipinski definition) is 1. The molecule has 0 aliphatic rings. The number of halogens is 2. The van der Waals surface area contributed by atoms with E-state index in [1.54, 1.807) is 24.1 Å². The number of likely N-dealkylation sites (N-methyl/N-ethyl adjacent to an activating group) is 1. The second-order valence-electron chi connectivity index (χ2n) is 5.71. The lowest BCUT2D eigenvalue weighted by Gasteiger charge is -2.21. The van der Waals surface area contributed by atoms with Crippen LogP contribution in [0.15, 0.2) is 18.2 Å². The van der Waals surface area contributed by atoms with E-state index in [2.05, 4.69) is 13.8 Å². The molecule has 0 aromatic heterocycles. The second kappa shape index (κ2) is 9.93. The molecule has 2 N–H and O–H groups in total. The summed E-state index contributed by atoms with van der Waals surface area (Å²) in [5.74, 6) is 1.04. The number of benzene rings is 1.